The molecule has 0 bridgehead atoms. The van der Waals surface area contributed by atoms with Crippen molar-refractivity contribution in [3.8, 4) is 11.7 Å². The smallest absolute Gasteiger partial charge is 0.319 e. The van der Waals surface area contributed by atoms with E-state index >= 15 is 0 Å². The minimum Gasteiger partial charge on any atom is -0.462 e. The van der Waals surface area contributed by atoms with Crippen LogP contribution in [-0.4, -0.2) is 87.6 Å². The molecule has 1 unspecified atom stereocenters. The predicted molar refractivity (Wildman–Crippen MR) is 151 cm³/mol. The van der Waals surface area contributed by atoms with E-state index in [0.717, 1.165) is 35.8 Å². The molecule has 200 valence electrons. The third-order valence-electron chi connectivity index (χ3n) is 7.74. The number of likely N-dealkylation sites (N-methyl/N-ethyl adjacent to an activating group) is 1. The maximum atomic E-state index is 13.9. The van der Waals surface area contributed by atoms with Crippen LogP contribution in [0.15, 0.2) is 66.2 Å². The third-order valence-corrected chi connectivity index (χ3v) is 7.74. The fraction of sp³-hybridized carbons (Fsp3) is 0.345. The Hall–Kier alpha value is -4.31. The number of anilines is 1. The number of rotatable bonds is 6. The van der Waals surface area contributed by atoms with Gasteiger partial charge in [0.05, 0.1) is 5.69 Å². The molecule has 0 N–H and O–H groups in total. The fourth-order valence-corrected chi connectivity index (χ4v) is 5.48. The monoisotopic (exact) mass is 525 g/mol. The van der Waals surface area contributed by atoms with Gasteiger partial charge in [-0.25, -0.2) is 4.98 Å². The lowest BCUT2D eigenvalue weighted by molar-refractivity contribution is -0.126. The lowest BCUT2D eigenvalue weighted by Gasteiger charge is -2.35. The minimum absolute atomic E-state index is 0.0944. The Morgan fingerprint density at radius 1 is 1.05 bits per heavy atom. The maximum absolute atomic E-state index is 13.9. The molecular weight excluding hydrogens is 494 g/mol. The maximum Gasteiger partial charge on any atom is 0.319 e. The van der Waals surface area contributed by atoms with Crippen molar-refractivity contribution in [3.05, 3.63) is 71.8 Å². The second-order valence-corrected chi connectivity index (χ2v) is 10.0. The first-order chi connectivity index (χ1) is 19.0. The van der Waals surface area contributed by atoms with Gasteiger partial charge in [-0.15, -0.1) is 0 Å². The van der Waals surface area contributed by atoms with Gasteiger partial charge in [-0.05, 0) is 44.0 Å². The van der Waals surface area contributed by atoms with Crippen LogP contribution in [0.25, 0.3) is 27.5 Å². The summed E-state index contributed by atoms with van der Waals surface area (Å²) < 4.78 is 7.64. The Morgan fingerprint density at radius 2 is 1.85 bits per heavy atom. The summed E-state index contributed by atoms with van der Waals surface area (Å²) in [5.41, 5.74) is 1.07. The van der Waals surface area contributed by atoms with Crippen LogP contribution in [0, 0.1) is 0 Å². The van der Waals surface area contributed by atoms with Crippen molar-refractivity contribution in [1.29, 1.82) is 0 Å². The summed E-state index contributed by atoms with van der Waals surface area (Å²) in [6.45, 7) is 7.20. The van der Waals surface area contributed by atoms with Crippen molar-refractivity contribution in [1.82, 2.24) is 29.3 Å². The summed E-state index contributed by atoms with van der Waals surface area (Å²) in [5.74, 6) is 0.450. The van der Waals surface area contributed by atoms with Crippen LogP contribution in [0.2, 0.25) is 0 Å². The standard InChI is InChI=1S/C29H31N7O3/c1-3-24(37)34-14-16-35(17-15-34)27-25-26(31-29(32-27)39-18-21-10-7-13-33(21)2)28(38)36(19-30-25)23-12-6-9-20-8-4-5-11-22(20)23/h3-6,8-9,11-12,19,21H,1,7,10,13-18H2,2H3. The van der Waals surface area contributed by atoms with Crippen molar-refractivity contribution in [2.75, 3.05) is 51.3 Å². The highest BCUT2D eigenvalue weighted by molar-refractivity contribution is 5.91. The Morgan fingerprint density at radius 3 is 2.62 bits per heavy atom. The number of hydrogen-bond acceptors (Lipinski definition) is 8. The number of nitrogens with zero attached hydrogens (tertiary/aromatic N) is 7. The van der Waals surface area contributed by atoms with E-state index in [9.17, 15) is 9.59 Å². The number of carbonyl (C=O) groups is 1. The highest BCUT2D eigenvalue weighted by Crippen LogP contribution is 2.26. The van der Waals surface area contributed by atoms with Gasteiger partial charge < -0.3 is 19.4 Å². The van der Waals surface area contributed by atoms with Crippen molar-refractivity contribution in [2.45, 2.75) is 18.9 Å². The van der Waals surface area contributed by atoms with E-state index in [4.69, 9.17) is 14.7 Å². The molecule has 10 heteroatoms. The van der Waals surface area contributed by atoms with Gasteiger partial charge >= 0.3 is 6.01 Å². The SMILES string of the molecule is C=CC(=O)N1CCN(c2nc(OCC3CCCN3C)nc3c(=O)n(-c4cccc5ccccc45)cnc23)CC1. The van der Waals surface area contributed by atoms with Crippen LogP contribution in [0.4, 0.5) is 5.82 Å². The number of ether oxygens (including phenoxy) is 1. The molecule has 4 heterocycles. The number of benzene rings is 2. The molecule has 2 aromatic heterocycles. The second-order valence-electron chi connectivity index (χ2n) is 10.0. The Balaban J connectivity index is 1.43. The molecule has 4 aromatic rings. The average Bonchev–Trinajstić information content (AvgIpc) is 3.40. The largest absolute Gasteiger partial charge is 0.462 e. The summed E-state index contributed by atoms with van der Waals surface area (Å²) in [4.78, 5) is 46.1. The van der Waals surface area contributed by atoms with E-state index in [1.54, 1.807) is 11.2 Å². The normalized spacial score (nSPS) is 18.1. The molecule has 1 atom stereocenters. The molecule has 39 heavy (non-hydrogen) atoms. The van der Waals surface area contributed by atoms with E-state index in [1.165, 1.54) is 10.6 Å². The van der Waals surface area contributed by atoms with Crippen molar-refractivity contribution in [3.63, 3.8) is 0 Å². The third kappa shape index (κ3) is 4.72. The zero-order chi connectivity index (χ0) is 26.9. The molecule has 6 rings (SSSR count). The van der Waals surface area contributed by atoms with E-state index in [-0.39, 0.29) is 29.0 Å². The summed E-state index contributed by atoms with van der Waals surface area (Å²) >= 11 is 0. The van der Waals surface area contributed by atoms with Crippen LogP contribution in [-0.2, 0) is 4.79 Å². The zero-order valence-electron chi connectivity index (χ0n) is 22.0. The first-order valence-corrected chi connectivity index (χ1v) is 13.3. The minimum atomic E-state index is -0.289. The van der Waals surface area contributed by atoms with Gasteiger partial charge in [-0.3, -0.25) is 14.2 Å². The van der Waals surface area contributed by atoms with Gasteiger partial charge in [-0.2, -0.15) is 9.97 Å². The van der Waals surface area contributed by atoms with Crippen LogP contribution in [0.5, 0.6) is 6.01 Å². The van der Waals surface area contributed by atoms with Crippen LogP contribution in [0.1, 0.15) is 12.8 Å². The van der Waals surface area contributed by atoms with Gasteiger partial charge in [0.25, 0.3) is 5.56 Å². The highest BCUT2D eigenvalue weighted by Gasteiger charge is 2.26. The quantitative estimate of drug-likeness (QED) is 0.355. The van der Waals surface area contributed by atoms with E-state index in [0.29, 0.717) is 44.1 Å². The van der Waals surface area contributed by atoms with Crippen LogP contribution < -0.4 is 15.2 Å². The van der Waals surface area contributed by atoms with E-state index in [2.05, 4.69) is 23.5 Å². The number of amides is 1. The molecule has 0 aliphatic carbocycles. The van der Waals surface area contributed by atoms with Crippen LogP contribution >= 0.6 is 0 Å². The van der Waals surface area contributed by atoms with E-state index < -0.39 is 0 Å². The molecule has 0 spiro atoms. The molecule has 2 aliphatic heterocycles. The molecular formula is C29H31N7O3. The van der Waals surface area contributed by atoms with Crippen LogP contribution in [0.3, 0.4) is 0 Å². The summed E-state index contributed by atoms with van der Waals surface area (Å²) in [6, 6.07) is 14.2. The number of hydrogen-bond donors (Lipinski definition) is 0. The Kier molecular flexibility index (Phi) is 6.70. The predicted octanol–water partition coefficient (Wildman–Crippen LogP) is 2.64. The molecule has 2 aromatic carbocycles. The molecule has 2 saturated heterocycles. The molecule has 10 nitrogen and oxygen atoms in total. The fourth-order valence-electron chi connectivity index (χ4n) is 5.48. The number of carbonyl (C=O) groups excluding carboxylic acids is 1. The molecule has 2 fully saturated rings. The van der Waals surface area contributed by atoms with Gasteiger partial charge in [0.1, 0.15) is 18.5 Å². The summed E-state index contributed by atoms with van der Waals surface area (Å²) in [5, 5.41) is 1.98. The first-order valence-electron chi connectivity index (χ1n) is 13.3. The Bertz CT molecular complexity index is 1600. The molecule has 2 aliphatic rings. The van der Waals surface area contributed by atoms with Crippen molar-refractivity contribution >= 4 is 33.5 Å². The lowest BCUT2D eigenvalue weighted by atomic mass is 10.1. The number of fused-ring (bicyclic) bond motifs is 2. The molecule has 1 amide bonds. The molecule has 0 saturated carbocycles. The number of piperazine rings is 1. The average molecular weight is 526 g/mol. The number of aromatic nitrogens is 4. The van der Waals surface area contributed by atoms with Gasteiger partial charge in [0, 0.05) is 37.6 Å². The van der Waals surface area contributed by atoms with Crippen molar-refractivity contribution in [2.24, 2.45) is 0 Å². The molecule has 0 radical (unpaired) electrons. The van der Waals surface area contributed by atoms with Crippen molar-refractivity contribution < 1.29 is 9.53 Å². The first kappa shape index (κ1) is 25.0. The second kappa shape index (κ2) is 10.5. The Labute approximate surface area is 226 Å². The van der Waals surface area contributed by atoms with Gasteiger partial charge in [-0.1, -0.05) is 43.0 Å². The van der Waals surface area contributed by atoms with Gasteiger partial charge in [0.15, 0.2) is 11.3 Å². The summed E-state index contributed by atoms with van der Waals surface area (Å²) in [6.07, 6.45) is 5.05. The summed E-state index contributed by atoms with van der Waals surface area (Å²) in [7, 11) is 2.09. The highest BCUT2D eigenvalue weighted by atomic mass is 16.5. The van der Waals surface area contributed by atoms with Gasteiger partial charge in [0.2, 0.25) is 5.91 Å². The zero-order valence-corrected chi connectivity index (χ0v) is 22.0. The van der Waals surface area contributed by atoms with E-state index in [1.807, 2.05) is 47.4 Å². The lowest BCUT2D eigenvalue weighted by Crippen LogP contribution is -2.48. The number of likely N-dealkylation sites (tertiary alicyclic amines) is 1. The topological polar surface area (TPSA) is 96.7 Å².